The van der Waals surface area contributed by atoms with Crippen LogP contribution in [0, 0.1) is 5.92 Å². The van der Waals surface area contributed by atoms with Crippen molar-refractivity contribution in [3.63, 3.8) is 0 Å². The molecule has 1 aromatic rings. The third-order valence-corrected chi connectivity index (χ3v) is 3.69. The number of hydrogen-bond acceptors (Lipinski definition) is 2. The van der Waals surface area contributed by atoms with Crippen LogP contribution in [-0.4, -0.2) is 24.9 Å². The molecule has 1 aliphatic carbocycles. The number of benzene rings is 1. The molecule has 0 bridgehead atoms. The highest BCUT2D eigenvalue weighted by molar-refractivity contribution is 6.05. The van der Waals surface area contributed by atoms with Crippen LogP contribution in [0.5, 0.6) is 0 Å². The van der Waals surface area contributed by atoms with Gasteiger partial charge in [-0.25, -0.2) is 0 Å². The number of hydrogen-bond donors (Lipinski definition) is 1. The van der Waals surface area contributed by atoms with Gasteiger partial charge >= 0.3 is 0 Å². The lowest BCUT2D eigenvalue weighted by atomic mass is 10.1. The zero-order valence-corrected chi connectivity index (χ0v) is 10.3. The molecule has 1 heterocycles. The highest BCUT2D eigenvalue weighted by Crippen LogP contribution is 2.38. The molecule has 1 N–H and O–H groups in total. The summed E-state index contributed by atoms with van der Waals surface area (Å²) < 4.78 is 0. The summed E-state index contributed by atoms with van der Waals surface area (Å²) >= 11 is 0. The summed E-state index contributed by atoms with van der Waals surface area (Å²) in [4.78, 5) is 26.0. The van der Waals surface area contributed by atoms with Gasteiger partial charge in [-0.2, -0.15) is 0 Å². The van der Waals surface area contributed by atoms with Gasteiger partial charge < -0.3 is 5.32 Å². The molecule has 1 aliphatic heterocycles. The Morgan fingerprint density at radius 2 is 2.00 bits per heavy atom. The van der Waals surface area contributed by atoms with Crippen molar-refractivity contribution in [1.29, 1.82) is 0 Å². The monoisotopic (exact) mass is 244 g/mol. The van der Waals surface area contributed by atoms with Gasteiger partial charge in [0, 0.05) is 25.1 Å². The van der Waals surface area contributed by atoms with E-state index in [9.17, 15) is 9.59 Å². The molecular formula is C14H16N2O2. The first kappa shape index (κ1) is 11.3. The van der Waals surface area contributed by atoms with Crippen LogP contribution in [0.4, 0.5) is 5.69 Å². The highest BCUT2D eigenvalue weighted by Gasteiger charge is 2.43. The molecule has 18 heavy (non-hydrogen) atoms. The summed E-state index contributed by atoms with van der Waals surface area (Å²) in [6.45, 7) is 0. The molecule has 0 saturated heterocycles. The van der Waals surface area contributed by atoms with Crippen LogP contribution in [-0.2, 0) is 16.0 Å². The molecule has 3 rings (SSSR count). The molecule has 4 nitrogen and oxygen atoms in total. The number of carbonyl (C=O) groups is 2. The lowest BCUT2D eigenvalue weighted by Gasteiger charge is -2.24. The zero-order valence-electron chi connectivity index (χ0n) is 10.3. The molecule has 2 aliphatic rings. The van der Waals surface area contributed by atoms with E-state index in [1.165, 1.54) is 0 Å². The van der Waals surface area contributed by atoms with Crippen molar-refractivity contribution in [3.8, 4) is 0 Å². The maximum absolute atomic E-state index is 12.3. The fourth-order valence-corrected chi connectivity index (χ4v) is 2.56. The predicted octanol–water partition coefficient (Wildman–Crippen LogP) is 1.10. The van der Waals surface area contributed by atoms with Crippen LogP contribution in [0.2, 0.25) is 0 Å². The van der Waals surface area contributed by atoms with E-state index in [1.807, 2.05) is 24.3 Å². The van der Waals surface area contributed by atoms with Crippen molar-refractivity contribution >= 4 is 17.5 Å². The van der Waals surface area contributed by atoms with E-state index in [-0.39, 0.29) is 23.8 Å². The van der Waals surface area contributed by atoms with Gasteiger partial charge in [0.1, 0.15) is 6.04 Å². The number of nitrogens with zero attached hydrogens (tertiary/aromatic N) is 1. The number of para-hydroxylation sites is 1. The molecular weight excluding hydrogens is 228 g/mol. The molecule has 1 fully saturated rings. The van der Waals surface area contributed by atoms with E-state index in [4.69, 9.17) is 0 Å². The fraction of sp³-hybridized carbons (Fsp3) is 0.429. The summed E-state index contributed by atoms with van der Waals surface area (Å²) in [6, 6.07) is 7.41. The third-order valence-electron chi connectivity index (χ3n) is 3.69. The number of fused-ring (bicyclic) bond motifs is 1. The second-order valence-corrected chi connectivity index (χ2v) is 4.95. The van der Waals surface area contributed by atoms with E-state index in [0.29, 0.717) is 6.42 Å². The van der Waals surface area contributed by atoms with E-state index >= 15 is 0 Å². The number of carbonyl (C=O) groups excluding carboxylic acids is 2. The summed E-state index contributed by atoms with van der Waals surface area (Å²) in [7, 11) is 1.62. The summed E-state index contributed by atoms with van der Waals surface area (Å²) in [5, 5.41) is 2.65. The lowest BCUT2D eigenvalue weighted by molar-refractivity contribution is -0.126. The Morgan fingerprint density at radius 1 is 1.28 bits per heavy atom. The average Bonchev–Trinajstić information content (AvgIpc) is 3.17. The minimum Gasteiger partial charge on any atom is -0.357 e. The van der Waals surface area contributed by atoms with E-state index < -0.39 is 0 Å². The molecule has 0 aromatic heterocycles. The van der Waals surface area contributed by atoms with E-state index in [2.05, 4.69) is 5.32 Å². The Bertz CT molecular complexity index is 508. The Labute approximate surface area is 106 Å². The van der Waals surface area contributed by atoms with Crippen LogP contribution in [0.3, 0.4) is 0 Å². The maximum atomic E-state index is 12.3. The number of anilines is 1. The molecule has 0 unspecified atom stereocenters. The molecule has 1 aromatic carbocycles. The molecule has 0 radical (unpaired) electrons. The topological polar surface area (TPSA) is 49.4 Å². The molecule has 94 valence electrons. The SMILES string of the molecule is CNC(=O)[C@@H]1Cc2ccccc2N1C(=O)C1CC1. The van der Waals surface area contributed by atoms with Crippen molar-refractivity contribution in [2.45, 2.75) is 25.3 Å². The predicted molar refractivity (Wildman–Crippen MR) is 68.2 cm³/mol. The van der Waals surface area contributed by atoms with Crippen molar-refractivity contribution < 1.29 is 9.59 Å². The Balaban J connectivity index is 1.98. The van der Waals surface area contributed by atoms with Crippen LogP contribution >= 0.6 is 0 Å². The maximum Gasteiger partial charge on any atom is 0.243 e. The number of amides is 2. The smallest absolute Gasteiger partial charge is 0.243 e. The number of rotatable bonds is 2. The quantitative estimate of drug-likeness (QED) is 0.847. The minimum absolute atomic E-state index is 0.0831. The number of likely N-dealkylation sites (N-methyl/N-ethyl adjacent to an activating group) is 1. The van der Waals surface area contributed by atoms with Gasteiger partial charge in [-0.1, -0.05) is 18.2 Å². The van der Waals surface area contributed by atoms with E-state index in [1.54, 1.807) is 11.9 Å². The highest BCUT2D eigenvalue weighted by atomic mass is 16.2. The minimum atomic E-state index is -0.375. The second kappa shape index (κ2) is 4.12. The normalized spacial score (nSPS) is 21.6. The first-order valence-corrected chi connectivity index (χ1v) is 6.35. The molecule has 2 amide bonds. The van der Waals surface area contributed by atoms with Crippen LogP contribution < -0.4 is 10.2 Å². The van der Waals surface area contributed by atoms with Crippen molar-refractivity contribution in [1.82, 2.24) is 5.32 Å². The standard InChI is InChI=1S/C14H16N2O2/c1-15-13(17)12-8-10-4-2-3-5-11(10)16(12)14(18)9-6-7-9/h2-5,9,12H,6-8H2,1H3,(H,15,17)/t12-/m0/s1. The zero-order chi connectivity index (χ0) is 12.7. The van der Waals surface area contributed by atoms with Crippen LogP contribution in [0.1, 0.15) is 18.4 Å². The van der Waals surface area contributed by atoms with Crippen LogP contribution in [0.15, 0.2) is 24.3 Å². The average molecular weight is 244 g/mol. The van der Waals surface area contributed by atoms with Gasteiger partial charge in [-0.3, -0.25) is 14.5 Å². The van der Waals surface area contributed by atoms with Gasteiger partial charge in [-0.05, 0) is 24.5 Å². The second-order valence-electron chi connectivity index (χ2n) is 4.95. The summed E-state index contributed by atoms with van der Waals surface area (Å²) in [6.07, 6.45) is 2.53. The van der Waals surface area contributed by atoms with Gasteiger partial charge in [0.2, 0.25) is 11.8 Å². The number of nitrogens with one attached hydrogen (secondary N) is 1. The van der Waals surface area contributed by atoms with Gasteiger partial charge in [0.15, 0.2) is 0 Å². The van der Waals surface area contributed by atoms with Gasteiger partial charge in [-0.15, -0.1) is 0 Å². The third kappa shape index (κ3) is 1.68. The summed E-state index contributed by atoms with van der Waals surface area (Å²) in [5.74, 6) is 0.150. The van der Waals surface area contributed by atoms with Crippen molar-refractivity contribution in [3.05, 3.63) is 29.8 Å². The van der Waals surface area contributed by atoms with Gasteiger partial charge in [0.25, 0.3) is 0 Å². The van der Waals surface area contributed by atoms with Crippen LogP contribution in [0.25, 0.3) is 0 Å². The lowest BCUT2D eigenvalue weighted by Crippen LogP contribution is -2.47. The van der Waals surface area contributed by atoms with Gasteiger partial charge in [0.05, 0.1) is 0 Å². The molecule has 1 saturated carbocycles. The van der Waals surface area contributed by atoms with E-state index in [0.717, 1.165) is 24.1 Å². The fourth-order valence-electron chi connectivity index (χ4n) is 2.56. The van der Waals surface area contributed by atoms with Crippen molar-refractivity contribution in [2.75, 3.05) is 11.9 Å². The molecule has 4 heteroatoms. The first-order valence-electron chi connectivity index (χ1n) is 6.35. The molecule has 0 spiro atoms. The Hall–Kier alpha value is -1.84. The Kier molecular flexibility index (Phi) is 2.58. The van der Waals surface area contributed by atoms with Crippen molar-refractivity contribution in [2.24, 2.45) is 5.92 Å². The summed E-state index contributed by atoms with van der Waals surface area (Å²) in [5.41, 5.74) is 1.99. The first-order chi connectivity index (χ1) is 8.72. The Morgan fingerprint density at radius 3 is 2.67 bits per heavy atom. The largest absolute Gasteiger partial charge is 0.357 e. The molecule has 1 atom stereocenters.